The van der Waals surface area contributed by atoms with Crippen molar-refractivity contribution in [2.45, 2.75) is 19.4 Å². The van der Waals surface area contributed by atoms with Crippen molar-refractivity contribution in [3.8, 4) is 0 Å². The minimum atomic E-state index is -0.599. The van der Waals surface area contributed by atoms with E-state index in [0.717, 1.165) is 11.1 Å². The molecule has 1 atom stereocenters. The van der Waals surface area contributed by atoms with Crippen molar-refractivity contribution >= 4 is 35.0 Å². The highest BCUT2D eigenvalue weighted by Crippen LogP contribution is 2.31. The van der Waals surface area contributed by atoms with Crippen LogP contribution in [0.15, 0.2) is 75.7 Å². The van der Waals surface area contributed by atoms with Gasteiger partial charge in [-0.15, -0.1) is 0 Å². The van der Waals surface area contributed by atoms with Crippen LogP contribution in [-0.2, 0) is 9.53 Å². The van der Waals surface area contributed by atoms with Crippen LogP contribution in [0.1, 0.15) is 30.5 Å². The Morgan fingerprint density at radius 2 is 1.90 bits per heavy atom. The van der Waals surface area contributed by atoms with Gasteiger partial charge in [0, 0.05) is 5.02 Å². The van der Waals surface area contributed by atoms with Crippen molar-refractivity contribution in [1.82, 2.24) is 4.57 Å². The van der Waals surface area contributed by atoms with Crippen LogP contribution in [0, 0.1) is 0 Å². The van der Waals surface area contributed by atoms with Crippen LogP contribution in [0.4, 0.5) is 0 Å². The highest BCUT2D eigenvalue weighted by molar-refractivity contribution is 7.07. The fourth-order valence-electron chi connectivity index (χ4n) is 3.55. The number of carbonyl (C=O) groups is 1. The van der Waals surface area contributed by atoms with E-state index in [2.05, 4.69) is 4.99 Å². The van der Waals surface area contributed by atoms with Gasteiger partial charge in [-0.2, -0.15) is 0 Å². The van der Waals surface area contributed by atoms with Crippen LogP contribution < -0.4 is 14.9 Å². The van der Waals surface area contributed by atoms with Gasteiger partial charge in [-0.1, -0.05) is 78.4 Å². The quantitative estimate of drug-likeness (QED) is 0.586. The van der Waals surface area contributed by atoms with E-state index in [9.17, 15) is 9.59 Å². The first kappa shape index (κ1) is 20.3. The topological polar surface area (TPSA) is 60.7 Å². The summed E-state index contributed by atoms with van der Waals surface area (Å²) < 4.78 is 7.13. The fraction of sp³-hybridized carbons (Fsp3) is 0.174. The van der Waals surface area contributed by atoms with Gasteiger partial charge in [0.05, 0.1) is 29.0 Å². The summed E-state index contributed by atoms with van der Waals surface area (Å²) in [5, 5.41) is 0.562. The number of thiazole rings is 1. The Bertz CT molecular complexity index is 1320. The Labute approximate surface area is 182 Å². The normalized spacial score (nSPS) is 16.2. The molecule has 4 rings (SSSR count). The second-order valence-electron chi connectivity index (χ2n) is 6.72. The predicted molar refractivity (Wildman–Crippen MR) is 118 cm³/mol. The molecule has 0 N–H and O–H groups in total. The lowest BCUT2D eigenvalue weighted by molar-refractivity contribution is -0.136. The van der Waals surface area contributed by atoms with Gasteiger partial charge in [0.2, 0.25) is 0 Å². The molecule has 0 fully saturated rings. The Hall–Kier alpha value is -2.96. The molecule has 0 spiro atoms. The molecular formula is C23H19ClN2O3S. The van der Waals surface area contributed by atoms with Crippen LogP contribution in [0.25, 0.3) is 6.08 Å². The molecule has 0 unspecified atom stereocenters. The summed E-state index contributed by atoms with van der Waals surface area (Å²) in [5.74, 6) is -0.482. The number of hydrogen-bond donors (Lipinski definition) is 0. The van der Waals surface area contributed by atoms with Crippen molar-refractivity contribution in [3.05, 3.63) is 102 Å². The van der Waals surface area contributed by atoms with E-state index in [1.807, 2.05) is 55.5 Å². The van der Waals surface area contributed by atoms with Crippen LogP contribution in [0.2, 0.25) is 5.02 Å². The number of fused-ring (bicyclic) bond motifs is 1. The number of ether oxygens (including phenoxy) is 1. The molecule has 7 heteroatoms. The van der Waals surface area contributed by atoms with Crippen molar-refractivity contribution in [2.24, 2.45) is 4.99 Å². The number of carbonyl (C=O) groups excluding carboxylic acids is 1. The Morgan fingerprint density at radius 3 is 2.57 bits per heavy atom. The molecule has 152 valence electrons. The first-order valence-electron chi connectivity index (χ1n) is 9.47. The van der Waals surface area contributed by atoms with E-state index in [1.54, 1.807) is 16.7 Å². The highest BCUT2D eigenvalue weighted by atomic mass is 35.5. The molecule has 2 aromatic carbocycles. The molecule has 5 nitrogen and oxygen atoms in total. The molecule has 2 heterocycles. The van der Waals surface area contributed by atoms with Gasteiger partial charge in [-0.05, 0) is 29.7 Å². The van der Waals surface area contributed by atoms with Gasteiger partial charge in [-0.25, -0.2) is 9.79 Å². The number of halogens is 1. The van der Waals surface area contributed by atoms with Gasteiger partial charge in [-0.3, -0.25) is 9.36 Å². The number of rotatable bonds is 4. The zero-order valence-electron chi connectivity index (χ0n) is 16.5. The monoisotopic (exact) mass is 438 g/mol. The second kappa shape index (κ2) is 8.42. The fourth-order valence-corrected chi connectivity index (χ4v) is 4.75. The summed E-state index contributed by atoms with van der Waals surface area (Å²) in [6.07, 6.45) is 2.31. The Kier molecular flexibility index (Phi) is 5.70. The summed E-state index contributed by atoms with van der Waals surface area (Å²) in [6.45, 7) is 1.93. The molecule has 30 heavy (non-hydrogen) atoms. The van der Waals surface area contributed by atoms with Crippen LogP contribution in [-0.4, -0.2) is 17.6 Å². The molecule has 1 aliphatic heterocycles. The maximum atomic E-state index is 13.4. The molecule has 0 radical (unpaired) electrons. The number of esters is 1. The zero-order chi connectivity index (χ0) is 21.3. The number of hydrogen-bond acceptors (Lipinski definition) is 5. The third-order valence-electron chi connectivity index (χ3n) is 4.96. The predicted octanol–water partition coefficient (Wildman–Crippen LogP) is 3.45. The SMILES string of the molecule is CCC1=C(C(=O)OC)[C@H](c2ccccc2)n2c(s/c(=C\c3ccccc3Cl)c2=O)=N1. The third-order valence-corrected chi connectivity index (χ3v) is 6.28. The Morgan fingerprint density at radius 1 is 1.20 bits per heavy atom. The van der Waals surface area contributed by atoms with Crippen molar-refractivity contribution in [3.63, 3.8) is 0 Å². The molecule has 0 amide bonds. The van der Waals surface area contributed by atoms with Gasteiger partial charge in [0.1, 0.15) is 0 Å². The van der Waals surface area contributed by atoms with Crippen molar-refractivity contribution in [2.75, 3.05) is 7.11 Å². The van der Waals surface area contributed by atoms with Gasteiger partial charge in [0.15, 0.2) is 4.80 Å². The summed E-state index contributed by atoms with van der Waals surface area (Å²) >= 11 is 7.57. The minimum Gasteiger partial charge on any atom is -0.466 e. The summed E-state index contributed by atoms with van der Waals surface area (Å²) in [6, 6.07) is 16.2. The molecular weight excluding hydrogens is 420 g/mol. The maximum Gasteiger partial charge on any atom is 0.338 e. The van der Waals surface area contributed by atoms with E-state index in [4.69, 9.17) is 16.3 Å². The zero-order valence-corrected chi connectivity index (χ0v) is 18.0. The lowest BCUT2D eigenvalue weighted by atomic mass is 9.95. The molecule has 0 saturated carbocycles. The molecule has 0 bridgehead atoms. The molecule has 0 aliphatic carbocycles. The molecule has 3 aromatic rings. The van der Waals surface area contributed by atoms with Gasteiger partial charge >= 0.3 is 5.97 Å². The largest absolute Gasteiger partial charge is 0.466 e. The third kappa shape index (κ3) is 3.53. The number of allylic oxidation sites excluding steroid dienone is 1. The van der Waals surface area contributed by atoms with Gasteiger partial charge < -0.3 is 4.74 Å². The Balaban J connectivity index is 2.02. The maximum absolute atomic E-state index is 13.4. The number of benzene rings is 2. The minimum absolute atomic E-state index is 0.218. The van der Waals surface area contributed by atoms with Gasteiger partial charge in [0.25, 0.3) is 5.56 Å². The molecule has 0 saturated heterocycles. The van der Waals surface area contributed by atoms with Crippen LogP contribution >= 0.6 is 22.9 Å². The van der Waals surface area contributed by atoms with Crippen LogP contribution in [0.3, 0.4) is 0 Å². The highest BCUT2D eigenvalue weighted by Gasteiger charge is 2.33. The first-order chi connectivity index (χ1) is 14.5. The lowest BCUT2D eigenvalue weighted by Gasteiger charge is -2.25. The van der Waals surface area contributed by atoms with Crippen molar-refractivity contribution < 1.29 is 9.53 Å². The summed E-state index contributed by atoms with van der Waals surface area (Å²) in [4.78, 5) is 31.3. The average Bonchev–Trinajstić information content (AvgIpc) is 3.09. The summed E-state index contributed by atoms with van der Waals surface area (Å²) in [5.41, 5.74) is 2.38. The molecule has 1 aliphatic rings. The number of nitrogens with zero attached hydrogens (tertiary/aromatic N) is 2. The van der Waals surface area contributed by atoms with Crippen molar-refractivity contribution in [1.29, 1.82) is 0 Å². The van der Waals surface area contributed by atoms with Crippen LogP contribution in [0.5, 0.6) is 0 Å². The van der Waals surface area contributed by atoms with E-state index < -0.39 is 12.0 Å². The van der Waals surface area contributed by atoms with E-state index in [0.29, 0.717) is 32.0 Å². The second-order valence-corrected chi connectivity index (χ2v) is 8.14. The lowest BCUT2D eigenvalue weighted by Crippen LogP contribution is -2.40. The van der Waals surface area contributed by atoms with E-state index in [1.165, 1.54) is 18.4 Å². The average molecular weight is 439 g/mol. The summed E-state index contributed by atoms with van der Waals surface area (Å²) in [7, 11) is 1.34. The smallest absolute Gasteiger partial charge is 0.338 e. The van der Waals surface area contributed by atoms with E-state index >= 15 is 0 Å². The standard InChI is InChI=1S/C23H19ClN2O3S/c1-3-17-19(22(28)29-2)20(14-9-5-4-6-10-14)26-21(27)18(30-23(26)25-17)13-15-11-7-8-12-16(15)24/h4-13,20H,3H2,1-2H3/b18-13-/t20-/m0/s1. The molecule has 1 aromatic heterocycles. The number of aromatic nitrogens is 1. The number of methoxy groups -OCH3 is 1. The first-order valence-corrected chi connectivity index (χ1v) is 10.7. The van der Waals surface area contributed by atoms with E-state index in [-0.39, 0.29) is 5.56 Å².